The smallest absolute Gasteiger partial charge is 0.360 e. The van der Waals surface area contributed by atoms with Gasteiger partial charge in [-0.25, -0.2) is 4.79 Å². The highest BCUT2D eigenvalue weighted by atomic mass is 16.5. The number of oxazole rings is 1. The summed E-state index contributed by atoms with van der Waals surface area (Å²) in [7, 11) is 0. The van der Waals surface area contributed by atoms with E-state index >= 15 is 0 Å². The maximum atomic E-state index is 11.7. The molecule has 6 nitrogen and oxygen atoms in total. The minimum atomic E-state index is -0.414. The van der Waals surface area contributed by atoms with Gasteiger partial charge in [-0.05, 0) is 51.6 Å². The van der Waals surface area contributed by atoms with E-state index in [1.807, 2.05) is 0 Å². The van der Waals surface area contributed by atoms with Gasteiger partial charge < -0.3 is 19.4 Å². The highest BCUT2D eigenvalue weighted by Crippen LogP contribution is 2.32. The number of nitrogens with zero attached hydrogens (tertiary/aromatic N) is 2. The average molecular weight is 293 g/mol. The molecule has 1 aromatic rings. The first-order valence-electron chi connectivity index (χ1n) is 7.88. The topological polar surface area (TPSA) is 67.6 Å². The zero-order valence-electron chi connectivity index (χ0n) is 12.5. The van der Waals surface area contributed by atoms with Crippen molar-refractivity contribution in [3.05, 3.63) is 12.0 Å². The number of hydrogen-bond donors (Lipinski definition) is 1. The molecule has 1 aliphatic heterocycles. The Labute approximate surface area is 124 Å². The van der Waals surface area contributed by atoms with Gasteiger partial charge in [-0.3, -0.25) is 0 Å². The van der Waals surface area contributed by atoms with E-state index in [0.717, 1.165) is 19.6 Å². The average Bonchev–Trinajstić information content (AvgIpc) is 3.22. The van der Waals surface area contributed by atoms with Crippen molar-refractivity contribution < 1.29 is 13.9 Å². The van der Waals surface area contributed by atoms with Crippen LogP contribution in [0.15, 0.2) is 10.7 Å². The van der Waals surface area contributed by atoms with Crippen molar-refractivity contribution in [1.29, 1.82) is 0 Å². The highest BCUT2D eigenvalue weighted by Gasteiger charge is 2.34. The number of nitrogens with one attached hydrogen (secondary N) is 1. The van der Waals surface area contributed by atoms with E-state index in [9.17, 15) is 4.79 Å². The van der Waals surface area contributed by atoms with Crippen LogP contribution in [0.2, 0.25) is 0 Å². The molecule has 0 radical (unpaired) electrons. The molecular weight excluding hydrogens is 270 g/mol. The van der Waals surface area contributed by atoms with Gasteiger partial charge in [0.2, 0.25) is 0 Å². The molecule has 1 N–H and O–H groups in total. The zero-order chi connectivity index (χ0) is 14.7. The van der Waals surface area contributed by atoms with Crippen LogP contribution in [0.25, 0.3) is 0 Å². The number of anilines is 1. The van der Waals surface area contributed by atoms with E-state index in [2.05, 4.69) is 15.2 Å². The van der Waals surface area contributed by atoms with Gasteiger partial charge in [-0.15, -0.1) is 0 Å². The van der Waals surface area contributed by atoms with Crippen LogP contribution in [-0.2, 0) is 4.74 Å². The Hall–Kier alpha value is -1.56. The number of aromatic nitrogens is 1. The molecule has 2 fully saturated rings. The van der Waals surface area contributed by atoms with Gasteiger partial charge in [-0.1, -0.05) is 0 Å². The fourth-order valence-corrected chi connectivity index (χ4v) is 2.82. The van der Waals surface area contributed by atoms with Gasteiger partial charge in [0.15, 0.2) is 5.69 Å². The Morgan fingerprint density at radius 1 is 1.52 bits per heavy atom. The Balaban J connectivity index is 1.67. The van der Waals surface area contributed by atoms with Gasteiger partial charge in [0.05, 0.1) is 6.61 Å². The number of rotatable bonds is 6. The van der Waals surface area contributed by atoms with Crippen LogP contribution in [0.3, 0.4) is 0 Å². The zero-order valence-corrected chi connectivity index (χ0v) is 12.5. The second kappa shape index (κ2) is 6.47. The third-order valence-corrected chi connectivity index (χ3v) is 4.06. The molecule has 116 valence electrons. The monoisotopic (exact) mass is 293 g/mol. The predicted molar refractivity (Wildman–Crippen MR) is 78.4 cm³/mol. The Bertz CT molecular complexity index is 478. The normalized spacial score (nSPS) is 22.0. The predicted octanol–water partition coefficient (Wildman–Crippen LogP) is 1.82. The molecule has 1 saturated carbocycles. The second-order valence-electron chi connectivity index (χ2n) is 5.83. The van der Waals surface area contributed by atoms with Crippen LogP contribution in [-0.4, -0.2) is 43.2 Å². The Morgan fingerprint density at radius 3 is 3.05 bits per heavy atom. The van der Waals surface area contributed by atoms with Gasteiger partial charge in [0.25, 0.3) is 6.01 Å². The van der Waals surface area contributed by atoms with Crippen LogP contribution in [0.5, 0.6) is 0 Å². The summed E-state index contributed by atoms with van der Waals surface area (Å²) in [5, 5.41) is 3.44. The summed E-state index contributed by atoms with van der Waals surface area (Å²) in [6.07, 6.45) is 6.22. The van der Waals surface area contributed by atoms with Crippen LogP contribution in [0.1, 0.15) is 43.1 Å². The van der Waals surface area contributed by atoms with Gasteiger partial charge >= 0.3 is 5.97 Å². The maximum Gasteiger partial charge on any atom is 0.360 e. The van der Waals surface area contributed by atoms with Crippen molar-refractivity contribution in [1.82, 2.24) is 10.3 Å². The van der Waals surface area contributed by atoms with Crippen LogP contribution < -0.4 is 10.2 Å². The first kappa shape index (κ1) is 14.4. The van der Waals surface area contributed by atoms with E-state index in [-0.39, 0.29) is 5.69 Å². The van der Waals surface area contributed by atoms with Crippen molar-refractivity contribution in [2.24, 2.45) is 5.92 Å². The summed E-state index contributed by atoms with van der Waals surface area (Å²) in [4.78, 5) is 18.2. The minimum Gasteiger partial charge on any atom is -0.461 e. The highest BCUT2D eigenvalue weighted by molar-refractivity contribution is 5.87. The molecule has 1 unspecified atom stereocenters. The number of carbonyl (C=O) groups excluding carboxylic acids is 1. The summed E-state index contributed by atoms with van der Waals surface area (Å²) in [5.74, 6) is 0.208. The van der Waals surface area contributed by atoms with E-state index in [1.165, 1.54) is 31.9 Å². The van der Waals surface area contributed by atoms with Crippen LogP contribution >= 0.6 is 0 Å². The first-order chi connectivity index (χ1) is 10.3. The van der Waals surface area contributed by atoms with Crippen molar-refractivity contribution in [2.45, 2.75) is 38.6 Å². The summed E-state index contributed by atoms with van der Waals surface area (Å²) >= 11 is 0. The van der Waals surface area contributed by atoms with Crippen LogP contribution in [0, 0.1) is 5.92 Å². The third kappa shape index (κ3) is 3.56. The molecule has 2 aliphatic rings. The minimum absolute atomic E-state index is 0.263. The maximum absolute atomic E-state index is 11.7. The molecule has 1 atom stereocenters. The van der Waals surface area contributed by atoms with E-state index in [4.69, 9.17) is 9.15 Å². The van der Waals surface area contributed by atoms with E-state index in [0.29, 0.717) is 24.6 Å². The van der Waals surface area contributed by atoms with Gasteiger partial charge in [-0.2, -0.15) is 4.98 Å². The molecule has 0 amide bonds. The Morgan fingerprint density at radius 2 is 2.38 bits per heavy atom. The molecule has 0 spiro atoms. The summed E-state index contributed by atoms with van der Waals surface area (Å²) in [6.45, 7) is 5.24. The third-order valence-electron chi connectivity index (χ3n) is 4.06. The van der Waals surface area contributed by atoms with Crippen molar-refractivity contribution in [2.75, 3.05) is 31.1 Å². The summed E-state index contributed by atoms with van der Waals surface area (Å²) in [6, 6.07) is 1.08. The largest absolute Gasteiger partial charge is 0.461 e. The molecule has 6 heteroatoms. The fraction of sp³-hybridized carbons (Fsp3) is 0.733. The summed E-state index contributed by atoms with van der Waals surface area (Å²) < 4.78 is 10.5. The molecule has 0 aromatic carbocycles. The quantitative estimate of drug-likeness (QED) is 0.807. The molecule has 1 aromatic heterocycles. The summed E-state index contributed by atoms with van der Waals surface area (Å²) in [5.41, 5.74) is 0.263. The van der Waals surface area contributed by atoms with E-state index < -0.39 is 5.97 Å². The number of carbonyl (C=O) groups is 1. The molecule has 1 aliphatic carbocycles. The van der Waals surface area contributed by atoms with Crippen molar-refractivity contribution in [3.8, 4) is 0 Å². The molecule has 21 heavy (non-hydrogen) atoms. The number of piperidine rings is 1. The lowest BCUT2D eigenvalue weighted by Gasteiger charge is -2.29. The number of hydrogen-bond acceptors (Lipinski definition) is 6. The molecule has 0 bridgehead atoms. The molecule has 3 rings (SSSR count). The van der Waals surface area contributed by atoms with Gasteiger partial charge in [0.1, 0.15) is 6.26 Å². The first-order valence-corrected chi connectivity index (χ1v) is 7.88. The van der Waals surface area contributed by atoms with Gasteiger partial charge in [0, 0.05) is 12.6 Å². The standard InChI is InChI=1S/C15H23N3O3/c1-2-20-14(19)13-10-21-15(17-13)18(12-5-6-12)9-11-4-3-7-16-8-11/h10-12,16H,2-9H2,1H3. The van der Waals surface area contributed by atoms with E-state index in [1.54, 1.807) is 6.92 Å². The van der Waals surface area contributed by atoms with Crippen LogP contribution in [0.4, 0.5) is 6.01 Å². The molecule has 2 heterocycles. The lowest BCUT2D eigenvalue weighted by Crippen LogP contribution is -2.39. The molecular formula is C15H23N3O3. The van der Waals surface area contributed by atoms with Crippen molar-refractivity contribution >= 4 is 12.0 Å². The number of esters is 1. The number of ether oxygens (including phenoxy) is 1. The molecule has 1 saturated heterocycles. The lowest BCUT2D eigenvalue weighted by molar-refractivity contribution is 0.0519. The van der Waals surface area contributed by atoms with Crippen molar-refractivity contribution in [3.63, 3.8) is 0 Å². The lowest BCUT2D eigenvalue weighted by atomic mass is 9.99. The Kier molecular flexibility index (Phi) is 4.43. The fourth-order valence-electron chi connectivity index (χ4n) is 2.82. The SMILES string of the molecule is CCOC(=O)c1coc(N(CC2CCCNC2)C2CC2)n1. The second-order valence-corrected chi connectivity index (χ2v) is 5.83.